The van der Waals surface area contributed by atoms with Gasteiger partial charge in [-0.25, -0.2) is 0 Å². The van der Waals surface area contributed by atoms with Crippen molar-refractivity contribution in [3.05, 3.63) is 22.4 Å². The van der Waals surface area contributed by atoms with Crippen LogP contribution in [0.15, 0.2) is 16.8 Å². The molecule has 1 aromatic rings. The normalized spacial score (nSPS) is 28.7. The second kappa shape index (κ2) is 5.23. The molecule has 0 aromatic carbocycles. The molecule has 0 aliphatic heterocycles. The minimum absolute atomic E-state index is 0.0561. The Balaban J connectivity index is 1.91. The van der Waals surface area contributed by atoms with Crippen molar-refractivity contribution in [2.24, 2.45) is 5.41 Å². The summed E-state index contributed by atoms with van der Waals surface area (Å²) < 4.78 is 5.60. The van der Waals surface area contributed by atoms with Crippen molar-refractivity contribution in [3.8, 4) is 0 Å². The average molecular weight is 283 g/mol. The lowest BCUT2D eigenvalue weighted by molar-refractivity contribution is -0.237. The van der Waals surface area contributed by atoms with Crippen LogP contribution in [0.3, 0.4) is 0 Å². The Bertz CT molecular complexity index is 444. The summed E-state index contributed by atoms with van der Waals surface area (Å²) in [4.78, 5) is 11.9. The van der Waals surface area contributed by atoms with Gasteiger partial charge in [0.2, 0.25) is 0 Å². The SMILES string of the molecule is CCO[C@@H]1C[C@](O)(CNC(=O)c2ccsc2)C1(C)C. The van der Waals surface area contributed by atoms with E-state index in [1.54, 1.807) is 11.4 Å². The zero-order valence-electron chi connectivity index (χ0n) is 11.6. The molecular weight excluding hydrogens is 262 g/mol. The zero-order chi connectivity index (χ0) is 14.1. The van der Waals surface area contributed by atoms with Gasteiger partial charge >= 0.3 is 0 Å². The summed E-state index contributed by atoms with van der Waals surface area (Å²) in [6.07, 6.45) is 0.623. The van der Waals surface area contributed by atoms with Gasteiger partial charge in [0.15, 0.2) is 0 Å². The number of carbonyl (C=O) groups is 1. The molecule has 19 heavy (non-hydrogen) atoms. The third kappa shape index (κ3) is 2.55. The van der Waals surface area contributed by atoms with Crippen molar-refractivity contribution in [1.29, 1.82) is 0 Å². The van der Waals surface area contributed by atoms with Crippen molar-refractivity contribution >= 4 is 17.2 Å². The lowest BCUT2D eigenvalue weighted by atomic mass is 9.56. The van der Waals surface area contributed by atoms with E-state index < -0.39 is 5.60 Å². The third-order valence-electron chi connectivity index (χ3n) is 4.22. The van der Waals surface area contributed by atoms with Crippen molar-refractivity contribution in [2.75, 3.05) is 13.2 Å². The Morgan fingerprint density at radius 1 is 1.63 bits per heavy atom. The second-order valence-electron chi connectivity index (χ2n) is 5.60. The molecule has 1 heterocycles. The number of amides is 1. The highest BCUT2D eigenvalue weighted by Gasteiger charge is 2.59. The lowest BCUT2D eigenvalue weighted by Gasteiger charge is -2.57. The molecule has 106 valence electrons. The molecule has 5 heteroatoms. The summed E-state index contributed by atoms with van der Waals surface area (Å²) in [6.45, 7) is 6.82. The minimum Gasteiger partial charge on any atom is -0.387 e. The van der Waals surface area contributed by atoms with Crippen LogP contribution >= 0.6 is 11.3 Å². The van der Waals surface area contributed by atoms with Gasteiger partial charge in [-0.2, -0.15) is 11.3 Å². The molecule has 0 saturated heterocycles. The van der Waals surface area contributed by atoms with Crippen LogP contribution in [0, 0.1) is 5.41 Å². The average Bonchev–Trinajstić information content (AvgIpc) is 2.89. The van der Waals surface area contributed by atoms with Crippen molar-refractivity contribution in [3.63, 3.8) is 0 Å². The number of thiophene rings is 1. The van der Waals surface area contributed by atoms with E-state index in [0.717, 1.165) is 0 Å². The molecule has 0 spiro atoms. The summed E-state index contributed by atoms with van der Waals surface area (Å²) in [5.41, 5.74) is -0.587. The molecule has 1 saturated carbocycles. The van der Waals surface area contributed by atoms with E-state index in [0.29, 0.717) is 18.6 Å². The number of rotatable bonds is 5. The number of carbonyl (C=O) groups excluding carboxylic acids is 1. The zero-order valence-corrected chi connectivity index (χ0v) is 12.4. The minimum atomic E-state index is -0.890. The van der Waals surface area contributed by atoms with Gasteiger partial charge in [-0.15, -0.1) is 0 Å². The third-order valence-corrected chi connectivity index (χ3v) is 4.90. The van der Waals surface area contributed by atoms with Crippen LogP contribution in [-0.2, 0) is 4.74 Å². The molecule has 2 N–H and O–H groups in total. The molecule has 0 unspecified atom stereocenters. The van der Waals surface area contributed by atoms with Gasteiger partial charge in [-0.3, -0.25) is 4.79 Å². The second-order valence-corrected chi connectivity index (χ2v) is 6.38. The molecule has 2 atom stereocenters. The largest absolute Gasteiger partial charge is 0.387 e. The van der Waals surface area contributed by atoms with Gasteiger partial charge < -0.3 is 15.2 Å². The van der Waals surface area contributed by atoms with E-state index in [-0.39, 0.29) is 24.0 Å². The highest BCUT2D eigenvalue weighted by Crippen LogP contribution is 2.50. The van der Waals surface area contributed by atoms with Crippen LogP contribution in [0.25, 0.3) is 0 Å². The lowest BCUT2D eigenvalue weighted by Crippen LogP contribution is -2.68. The van der Waals surface area contributed by atoms with Crippen molar-refractivity contribution in [2.45, 2.75) is 38.9 Å². The first kappa shape index (κ1) is 14.5. The van der Waals surface area contributed by atoms with Crippen molar-refractivity contribution < 1.29 is 14.6 Å². The number of aliphatic hydroxyl groups is 1. The van der Waals surface area contributed by atoms with Crippen LogP contribution in [-0.4, -0.2) is 35.9 Å². The van der Waals surface area contributed by atoms with E-state index in [1.807, 2.05) is 26.2 Å². The molecule has 0 bridgehead atoms. The van der Waals surface area contributed by atoms with Crippen LogP contribution in [0.2, 0.25) is 0 Å². The van der Waals surface area contributed by atoms with Crippen LogP contribution in [0.4, 0.5) is 0 Å². The van der Waals surface area contributed by atoms with Gasteiger partial charge in [-0.1, -0.05) is 13.8 Å². The number of hydrogen-bond donors (Lipinski definition) is 2. The maximum atomic E-state index is 11.9. The molecule has 1 amide bonds. The van der Waals surface area contributed by atoms with Gasteiger partial charge in [0.1, 0.15) is 0 Å². The Morgan fingerprint density at radius 2 is 2.37 bits per heavy atom. The first-order valence-electron chi connectivity index (χ1n) is 6.55. The van der Waals surface area contributed by atoms with Crippen LogP contribution in [0.1, 0.15) is 37.6 Å². The van der Waals surface area contributed by atoms with Crippen molar-refractivity contribution in [1.82, 2.24) is 5.32 Å². The first-order chi connectivity index (χ1) is 8.90. The predicted octanol–water partition coefficient (Wildman–Crippen LogP) is 2.04. The number of nitrogens with one attached hydrogen (secondary N) is 1. The Kier molecular flexibility index (Phi) is 3.99. The van der Waals surface area contributed by atoms with Gasteiger partial charge in [-0.05, 0) is 18.4 Å². The summed E-state index contributed by atoms with van der Waals surface area (Å²) in [5, 5.41) is 17.1. The number of ether oxygens (including phenoxy) is 1. The molecule has 1 aromatic heterocycles. The topological polar surface area (TPSA) is 58.6 Å². The van der Waals surface area contributed by atoms with Gasteiger partial charge in [0.05, 0.1) is 11.7 Å². The molecule has 1 aliphatic carbocycles. The molecule has 1 fully saturated rings. The maximum Gasteiger partial charge on any atom is 0.252 e. The molecular formula is C14H21NO3S. The summed E-state index contributed by atoms with van der Waals surface area (Å²) >= 11 is 1.48. The van der Waals surface area contributed by atoms with E-state index in [4.69, 9.17) is 4.74 Å². The summed E-state index contributed by atoms with van der Waals surface area (Å²) in [5.74, 6) is -0.134. The number of hydrogen-bond acceptors (Lipinski definition) is 4. The quantitative estimate of drug-likeness (QED) is 0.869. The fourth-order valence-corrected chi connectivity index (χ4v) is 3.12. The molecule has 0 radical (unpaired) electrons. The molecule has 1 aliphatic rings. The summed E-state index contributed by atoms with van der Waals surface area (Å²) in [7, 11) is 0. The first-order valence-corrected chi connectivity index (χ1v) is 7.49. The van der Waals surface area contributed by atoms with E-state index in [1.165, 1.54) is 11.3 Å². The van der Waals surface area contributed by atoms with Gasteiger partial charge in [0.25, 0.3) is 5.91 Å². The van der Waals surface area contributed by atoms with E-state index in [2.05, 4.69) is 5.32 Å². The molecule has 2 rings (SSSR count). The van der Waals surface area contributed by atoms with E-state index in [9.17, 15) is 9.90 Å². The molecule has 4 nitrogen and oxygen atoms in total. The highest BCUT2D eigenvalue weighted by molar-refractivity contribution is 7.08. The van der Waals surface area contributed by atoms with Gasteiger partial charge in [0, 0.05) is 35.9 Å². The smallest absolute Gasteiger partial charge is 0.252 e. The Hall–Kier alpha value is -0.910. The predicted molar refractivity (Wildman–Crippen MR) is 75.4 cm³/mol. The standard InChI is InChI=1S/C14H21NO3S/c1-4-18-11-7-14(17,13(11,2)3)9-15-12(16)10-5-6-19-8-10/h5-6,8,11,17H,4,7,9H2,1-3H3,(H,15,16)/t11-,14+/m1/s1. The summed E-state index contributed by atoms with van der Waals surface area (Å²) in [6, 6.07) is 1.78. The fraction of sp³-hybridized carbons (Fsp3) is 0.643. The van der Waals surface area contributed by atoms with Crippen LogP contribution < -0.4 is 5.32 Å². The maximum absolute atomic E-state index is 11.9. The Morgan fingerprint density at radius 3 is 2.89 bits per heavy atom. The monoisotopic (exact) mass is 283 g/mol. The van der Waals surface area contributed by atoms with Crippen LogP contribution in [0.5, 0.6) is 0 Å². The Labute approximate surface area is 117 Å². The highest BCUT2D eigenvalue weighted by atomic mass is 32.1. The van der Waals surface area contributed by atoms with E-state index >= 15 is 0 Å². The fourth-order valence-electron chi connectivity index (χ4n) is 2.48.